The van der Waals surface area contributed by atoms with Crippen molar-refractivity contribution in [2.45, 2.75) is 76.9 Å². The van der Waals surface area contributed by atoms with Gasteiger partial charge in [0.15, 0.2) is 16.2 Å². The molecule has 0 saturated carbocycles. The number of halogens is 3. The van der Waals surface area contributed by atoms with E-state index in [0.29, 0.717) is 34.7 Å². The van der Waals surface area contributed by atoms with Crippen LogP contribution < -0.4 is 5.73 Å². The van der Waals surface area contributed by atoms with Crippen LogP contribution in [0.4, 0.5) is 0 Å². The number of para-hydroxylation sites is 1. The molecule has 0 aliphatic carbocycles. The van der Waals surface area contributed by atoms with Gasteiger partial charge in [-0.05, 0) is 145 Å². The number of hydrogen-bond acceptors (Lipinski definition) is 8. The maximum atomic E-state index is 12.8. The number of carbonyl (C=O) groups excluding carboxylic acids is 3. The Kier molecular flexibility index (Phi) is 12.6. The highest BCUT2D eigenvalue weighted by atomic mass is 35.5. The Labute approximate surface area is 298 Å². The molecule has 2 aromatic carbocycles. The summed E-state index contributed by atoms with van der Waals surface area (Å²) in [6, 6.07) is 17.3. The molecule has 2 aromatic heterocycles. The van der Waals surface area contributed by atoms with E-state index in [0.717, 1.165) is 33.4 Å². The molecule has 2 atom stereocenters. The highest BCUT2D eigenvalue weighted by Gasteiger charge is 2.48. The zero-order chi connectivity index (χ0) is 33.9. The van der Waals surface area contributed by atoms with Gasteiger partial charge in [-0.2, -0.15) is 9.59 Å². The summed E-state index contributed by atoms with van der Waals surface area (Å²) in [6.45, 7) is 14.1. The molecule has 4 aromatic rings. The third-order valence-corrected chi connectivity index (χ3v) is 11.5. The Morgan fingerprint density at radius 1 is 0.792 bits per heavy atom. The SMILES string of the molecule is CC1(C)[C@H](CC(=O)c2ccc3oc(Cl)cc3c2)C2CCN1CC2.CC1(C)[C@H](N)C2CCN1CC2.Cl.Clc1cc2ccccc2o1.O=C=O. The van der Waals surface area contributed by atoms with E-state index in [2.05, 4.69) is 37.5 Å². The van der Waals surface area contributed by atoms with Crippen LogP contribution in [0.5, 0.6) is 0 Å². The predicted molar refractivity (Wildman–Crippen MR) is 192 cm³/mol. The quantitative estimate of drug-likeness (QED) is 0.210. The Bertz CT molecular complexity index is 1670. The maximum Gasteiger partial charge on any atom is 0.373 e. The standard InChI is InChI=1S/C19H22ClNO2.C9H18N2.C8H5ClO.CO2.ClH/c1-19(2)15(12-5-7-21(19)8-6-12)11-16(22)13-3-4-17-14(9-13)10-18(20)23-17;1-9(2)8(10)7-3-5-11(9)6-4-7;9-8-5-6-3-1-2-4-7(6)10-8;2-1-3;/h3-4,9-10,12,15H,5-8,11H2,1-2H3;7-8H,3-6,10H2,1-2H3;1-5H;;1H/t15-;8-;;;/m11.../s1. The minimum atomic E-state index is 0. The zero-order valence-corrected chi connectivity index (χ0v) is 30.4. The fraction of sp³-hybridized carbons (Fsp3) is 0.514. The zero-order valence-electron chi connectivity index (χ0n) is 28.0. The third-order valence-electron chi connectivity index (χ3n) is 11.1. The second kappa shape index (κ2) is 15.9. The molecule has 2 N–H and O–H groups in total. The van der Waals surface area contributed by atoms with Gasteiger partial charge in [0, 0.05) is 52.0 Å². The minimum Gasteiger partial charge on any atom is -0.445 e. The van der Waals surface area contributed by atoms with Crippen molar-refractivity contribution in [3.63, 3.8) is 0 Å². The van der Waals surface area contributed by atoms with Crippen molar-refractivity contribution in [1.29, 1.82) is 0 Å². The maximum absolute atomic E-state index is 12.8. The average molecular weight is 719 g/mol. The first-order valence-corrected chi connectivity index (χ1v) is 17.2. The number of Topliss-reactive ketones (excluding diaryl/α,β-unsaturated/α-hetero) is 1. The molecule has 6 aliphatic rings. The van der Waals surface area contributed by atoms with Crippen LogP contribution in [-0.2, 0) is 9.59 Å². The first-order valence-electron chi connectivity index (χ1n) is 16.5. The highest BCUT2D eigenvalue weighted by molar-refractivity contribution is 6.30. The Morgan fingerprint density at radius 3 is 1.79 bits per heavy atom. The molecule has 0 unspecified atom stereocenters. The van der Waals surface area contributed by atoms with Crippen molar-refractivity contribution in [1.82, 2.24) is 9.80 Å². The van der Waals surface area contributed by atoms with Gasteiger partial charge in [-0.25, -0.2) is 0 Å². The molecule has 6 saturated heterocycles. The van der Waals surface area contributed by atoms with Crippen LogP contribution in [0.2, 0.25) is 10.4 Å². The third kappa shape index (κ3) is 8.19. The van der Waals surface area contributed by atoms with Crippen molar-refractivity contribution in [3.05, 3.63) is 70.6 Å². The van der Waals surface area contributed by atoms with E-state index in [1.54, 1.807) is 12.1 Å². The lowest BCUT2D eigenvalue weighted by Crippen LogP contribution is -2.67. The monoisotopic (exact) mass is 717 g/mol. The van der Waals surface area contributed by atoms with Gasteiger partial charge in [0.2, 0.25) is 0 Å². The number of hydrogen-bond donors (Lipinski definition) is 1. The van der Waals surface area contributed by atoms with E-state index in [-0.39, 0.29) is 35.4 Å². The number of furan rings is 2. The van der Waals surface area contributed by atoms with Crippen molar-refractivity contribution in [2.24, 2.45) is 23.5 Å². The second-order valence-corrected chi connectivity index (χ2v) is 14.9. The summed E-state index contributed by atoms with van der Waals surface area (Å²) in [5.74, 6) is 2.17. The van der Waals surface area contributed by atoms with Crippen LogP contribution in [0, 0.1) is 17.8 Å². The molecule has 8 heterocycles. The van der Waals surface area contributed by atoms with E-state index >= 15 is 0 Å². The topological polar surface area (TPSA) is 110 Å². The van der Waals surface area contributed by atoms with Crippen LogP contribution in [0.3, 0.4) is 0 Å². The fourth-order valence-electron chi connectivity index (χ4n) is 8.18. The van der Waals surface area contributed by atoms with Gasteiger partial charge in [-0.1, -0.05) is 18.2 Å². The molecule has 6 aliphatic heterocycles. The van der Waals surface area contributed by atoms with Crippen molar-refractivity contribution >= 4 is 69.5 Å². The number of piperidine rings is 6. The molecule has 6 fully saturated rings. The molecule has 11 heteroatoms. The van der Waals surface area contributed by atoms with Crippen LogP contribution in [0.25, 0.3) is 21.9 Å². The lowest BCUT2D eigenvalue weighted by Gasteiger charge is -2.56. The van der Waals surface area contributed by atoms with Gasteiger partial charge in [0.05, 0.1) is 0 Å². The molecule has 0 radical (unpaired) electrons. The number of benzene rings is 2. The Balaban J connectivity index is 0.000000173. The van der Waals surface area contributed by atoms with Crippen LogP contribution in [0.1, 0.15) is 70.2 Å². The van der Waals surface area contributed by atoms with Gasteiger partial charge in [0.25, 0.3) is 0 Å². The van der Waals surface area contributed by atoms with Crippen molar-refractivity contribution in [3.8, 4) is 0 Å². The highest BCUT2D eigenvalue weighted by Crippen LogP contribution is 2.46. The van der Waals surface area contributed by atoms with E-state index in [1.807, 2.05) is 42.5 Å². The summed E-state index contributed by atoms with van der Waals surface area (Å²) < 4.78 is 10.5. The molecule has 48 heavy (non-hydrogen) atoms. The van der Waals surface area contributed by atoms with Crippen molar-refractivity contribution < 1.29 is 23.2 Å². The molecule has 260 valence electrons. The summed E-state index contributed by atoms with van der Waals surface area (Å²) >= 11 is 11.5. The summed E-state index contributed by atoms with van der Waals surface area (Å²) in [6.07, 6.45) is 6.00. The van der Waals surface area contributed by atoms with Gasteiger partial charge in [0.1, 0.15) is 11.2 Å². The van der Waals surface area contributed by atoms with Crippen LogP contribution in [0.15, 0.2) is 63.4 Å². The summed E-state index contributed by atoms with van der Waals surface area (Å²) in [5, 5.41) is 2.76. The van der Waals surface area contributed by atoms with Crippen LogP contribution >= 0.6 is 35.6 Å². The summed E-state index contributed by atoms with van der Waals surface area (Å²) in [7, 11) is 0. The van der Waals surface area contributed by atoms with E-state index in [1.165, 1.54) is 51.9 Å². The predicted octanol–water partition coefficient (Wildman–Crippen LogP) is 8.52. The fourth-order valence-corrected chi connectivity index (χ4v) is 8.58. The van der Waals surface area contributed by atoms with Gasteiger partial charge in [-0.15, -0.1) is 12.4 Å². The summed E-state index contributed by atoms with van der Waals surface area (Å²) in [4.78, 5) is 34.2. The molecular weight excluding hydrogens is 673 g/mol. The molecule has 8 nitrogen and oxygen atoms in total. The molecule has 4 bridgehead atoms. The second-order valence-electron chi connectivity index (χ2n) is 14.2. The van der Waals surface area contributed by atoms with E-state index < -0.39 is 0 Å². The Morgan fingerprint density at radius 2 is 1.29 bits per heavy atom. The minimum absolute atomic E-state index is 0. The largest absolute Gasteiger partial charge is 0.445 e. The first-order chi connectivity index (χ1) is 22.3. The van der Waals surface area contributed by atoms with Gasteiger partial charge >= 0.3 is 6.15 Å². The van der Waals surface area contributed by atoms with E-state index in [9.17, 15) is 4.79 Å². The van der Waals surface area contributed by atoms with Crippen molar-refractivity contribution in [2.75, 3.05) is 26.2 Å². The number of nitrogens with two attached hydrogens (primary N) is 1. The molecule has 0 amide bonds. The smallest absolute Gasteiger partial charge is 0.373 e. The Hall–Kier alpha value is -2.68. The lowest BCUT2D eigenvalue weighted by molar-refractivity contribution is -0.191. The molecular formula is C37H46Cl3N3O5. The van der Waals surface area contributed by atoms with Crippen LogP contribution in [-0.4, -0.2) is 65.0 Å². The van der Waals surface area contributed by atoms with Gasteiger partial charge in [-0.3, -0.25) is 14.6 Å². The first kappa shape index (κ1) is 38.1. The lowest BCUT2D eigenvalue weighted by atomic mass is 9.65. The van der Waals surface area contributed by atoms with E-state index in [4.69, 9.17) is 47.4 Å². The normalized spacial score (nSPS) is 27.2. The van der Waals surface area contributed by atoms with Gasteiger partial charge < -0.3 is 14.6 Å². The summed E-state index contributed by atoms with van der Waals surface area (Å²) in [5.41, 5.74) is 8.88. The number of fused-ring (bicyclic) bond motifs is 8. The number of carbonyl (C=O) groups is 1. The average Bonchev–Trinajstić information content (AvgIpc) is 3.62. The number of rotatable bonds is 3. The number of ketones is 1. The number of nitrogens with zero attached hydrogens (tertiary/aromatic N) is 2. The molecule has 10 rings (SSSR count). The molecule has 0 spiro atoms.